The Bertz CT molecular complexity index is 922. The number of halogens is 1. The summed E-state index contributed by atoms with van der Waals surface area (Å²) in [5, 5.41) is 12.7. The fourth-order valence-corrected chi connectivity index (χ4v) is 3.93. The summed E-state index contributed by atoms with van der Waals surface area (Å²) >= 11 is 0. The van der Waals surface area contributed by atoms with Crippen LogP contribution in [0.5, 0.6) is 5.75 Å². The molecule has 0 aromatic heterocycles. The number of nitrogens with one attached hydrogen (secondary N) is 1. The lowest BCUT2D eigenvalue weighted by molar-refractivity contribution is -0.157. The van der Waals surface area contributed by atoms with Crippen LogP contribution in [0.4, 0.5) is 4.39 Å². The van der Waals surface area contributed by atoms with E-state index in [1.165, 1.54) is 44.4 Å². The Morgan fingerprint density at radius 2 is 1.85 bits per heavy atom. The molecule has 2 rings (SSSR count). The van der Waals surface area contributed by atoms with E-state index >= 15 is 0 Å². The van der Waals surface area contributed by atoms with Gasteiger partial charge in [0.15, 0.2) is 17.2 Å². The molecule has 0 saturated heterocycles. The molecule has 1 saturated carbocycles. The molecule has 0 aliphatic heterocycles. The first-order chi connectivity index (χ1) is 16.2. The SMILES string of the molecule is C=N/C(C(=O)N[C@@H](C)C(=O)O[C@@H](C)[C@H](Oc1ccc(F)cc1)C1CCCC1)=C(O)\C(=C/C)OC. The zero-order valence-corrected chi connectivity index (χ0v) is 20.0. The van der Waals surface area contributed by atoms with E-state index in [1.54, 1.807) is 13.8 Å². The molecule has 8 nitrogen and oxygen atoms in total. The molecule has 186 valence electrons. The minimum absolute atomic E-state index is 0.0405. The maximum atomic E-state index is 13.3. The average molecular weight is 477 g/mol. The van der Waals surface area contributed by atoms with E-state index in [1.807, 2.05) is 0 Å². The number of methoxy groups -OCH3 is 1. The monoisotopic (exact) mass is 476 g/mol. The molecule has 1 aromatic carbocycles. The molecule has 0 heterocycles. The van der Waals surface area contributed by atoms with Gasteiger partial charge >= 0.3 is 5.97 Å². The third-order valence-corrected chi connectivity index (χ3v) is 5.73. The minimum atomic E-state index is -1.04. The standard InChI is InChI=1S/C25H33FN2O6/c1-6-20(32-5)22(29)21(27-4)24(30)28-15(2)25(31)33-16(3)23(17-9-7-8-10-17)34-19-13-11-18(26)12-14-19/h6,11-17,23,29H,4,7-10H2,1-3,5H3,(H,28,30)/b20-6+,22-21+/t15-,16-,23-/m0/s1. The number of aliphatic hydroxyl groups excluding tert-OH is 1. The summed E-state index contributed by atoms with van der Waals surface area (Å²) < 4.78 is 30.0. The van der Waals surface area contributed by atoms with E-state index in [-0.39, 0.29) is 23.2 Å². The van der Waals surface area contributed by atoms with Crippen LogP contribution in [0.2, 0.25) is 0 Å². The number of aliphatic imine (C=N–C) groups is 1. The van der Waals surface area contributed by atoms with Gasteiger partial charge in [0.1, 0.15) is 29.8 Å². The van der Waals surface area contributed by atoms with E-state index in [4.69, 9.17) is 14.2 Å². The second kappa shape index (κ2) is 12.8. The fourth-order valence-electron chi connectivity index (χ4n) is 3.93. The average Bonchev–Trinajstić information content (AvgIpc) is 3.34. The van der Waals surface area contributed by atoms with Crippen molar-refractivity contribution in [2.24, 2.45) is 10.9 Å². The Labute approximate surface area is 199 Å². The molecule has 1 aliphatic carbocycles. The van der Waals surface area contributed by atoms with E-state index in [0.717, 1.165) is 25.7 Å². The van der Waals surface area contributed by atoms with Gasteiger partial charge in [-0.05, 0) is 76.6 Å². The second-order valence-corrected chi connectivity index (χ2v) is 8.13. The Hall–Kier alpha value is -3.36. The molecule has 0 spiro atoms. The van der Waals surface area contributed by atoms with Crippen molar-refractivity contribution in [1.29, 1.82) is 0 Å². The number of hydrogen-bond acceptors (Lipinski definition) is 7. The Morgan fingerprint density at radius 1 is 1.24 bits per heavy atom. The van der Waals surface area contributed by atoms with Crippen molar-refractivity contribution in [2.75, 3.05) is 7.11 Å². The van der Waals surface area contributed by atoms with Gasteiger partial charge < -0.3 is 24.6 Å². The van der Waals surface area contributed by atoms with E-state index in [0.29, 0.717) is 5.75 Å². The topological polar surface area (TPSA) is 106 Å². The van der Waals surface area contributed by atoms with E-state index in [9.17, 15) is 19.1 Å². The van der Waals surface area contributed by atoms with Gasteiger partial charge in [-0.25, -0.2) is 9.18 Å². The zero-order chi connectivity index (χ0) is 25.3. The summed E-state index contributed by atoms with van der Waals surface area (Å²) in [4.78, 5) is 28.8. The zero-order valence-electron chi connectivity index (χ0n) is 20.0. The third kappa shape index (κ3) is 7.07. The van der Waals surface area contributed by atoms with Crippen LogP contribution in [0.1, 0.15) is 46.5 Å². The van der Waals surface area contributed by atoms with Crippen LogP contribution in [0.3, 0.4) is 0 Å². The maximum absolute atomic E-state index is 13.3. The quantitative estimate of drug-likeness (QED) is 0.163. The molecule has 1 fully saturated rings. The molecule has 1 aromatic rings. The van der Waals surface area contributed by atoms with Gasteiger partial charge in [-0.15, -0.1) is 0 Å². The van der Waals surface area contributed by atoms with Gasteiger partial charge in [0.05, 0.1) is 7.11 Å². The van der Waals surface area contributed by atoms with E-state index < -0.39 is 35.9 Å². The Kier molecular flexibility index (Phi) is 10.1. The molecule has 3 atom stereocenters. The summed E-state index contributed by atoms with van der Waals surface area (Å²) in [7, 11) is 1.33. The van der Waals surface area contributed by atoms with Gasteiger partial charge in [-0.3, -0.25) is 9.79 Å². The van der Waals surface area contributed by atoms with Crippen molar-refractivity contribution in [3.05, 3.63) is 53.4 Å². The molecule has 0 radical (unpaired) electrons. The van der Waals surface area contributed by atoms with Gasteiger partial charge in [0, 0.05) is 0 Å². The normalized spacial score (nSPS) is 17.7. The van der Waals surface area contributed by atoms with Crippen molar-refractivity contribution in [2.45, 2.75) is 64.7 Å². The van der Waals surface area contributed by atoms with Crippen molar-refractivity contribution < 1.29 is 33.3 Å². The lowest BCUT2D eigenvalue weighted by atomic mass is 9.96. The highest BCUT2D eigenvalue weighted by molar-refractivity contribution is 5.97. The van der Waals surface area contributed by atoms with Crippen LogP contribution in [-0.4, -0.2) is 49.1 Å². The summed E-state index contributed by atoms with van der Waals surface area (Å²) in [6.45, 7) is 8.11. The molecule has 34 heavy (non-hydrogen) atoms. The number of rotatable bonds is 11. The molecule has 2 N–H and O–H groups in total. The molecule has 0 bridgehead atoms. The predicted molar refractivity (Wildman–Crippen MR) is 126 cm³/mol. The number of allylic oxidation sites excluding steroid dienone is 1. The van der Waals surface area contributed by atoms with E-state index in [2.05, 4.69) is 17.0 Å². The Balaban J connectivity index is 2.08. The van der Waals surface area contributed by atoms with Crippen LogP contribution in [-0.2, 0) is 19.1 Å². The van der Waals surface area contributed by atoms with Gasteiger partial charge in [0.2, 0.25) is 0 Å². The summed E-state index contributed by atoms with van der Waals surface area (Å²) in [6, 6.07) is 4.66. The molecule has 1 aliphatic rings. The van der Waals surface area contributed by atoms with Crippen molar-refractivity contribution in [3.63, 3.8) is 0 Å². The third-order valence-electron chi connectivity index (χ3n) is 5.73. The number of aliphatic hydroxyl groups is 1. The van der Waals surface area contributed by atoms with Gasteiger partial charge in [0.25, 0.3) is 5.91 Å². The van der Waals surface area contributed by atoms with Crippen molar-refractivity contribution in [1.82, 2.24) is 5.32 Å². The first-order valence-electron chi connectivity index (χ1n) is 11.3. The highest BCUT2D eigenvalue weighted by atomic mass is 19.1. The number of carbonyl (C=O) groups is 2. The maximum Gasteiger partial charge on any atom is 0.328 e. The number of amides is 1. The second-order valence-electron chi connectivity index (χ2n) is 8.13. The molecular weight excluding hydrogens is 443 g/mol. The number of hydrogen-bond donors (Lipinski definition) is 2. The van der Waals surface area contributed by atoms with Gasteiger partial charge in [-0.1, -0.05) is 12.8 Å². The molecule has 0 unspecified atom stereocenters. The van der Waals surface area contributed by atoms with Crippen LogP contribution in [0.15, 0.2) is 52.5 Å². The highest BCUT2D eigenvalue weighted by Crippen LogP contribution is 2.32. The predicted octanol–water partition coefficient (Wildman–Crippen LogP) is 4.22. The van der Waals surface area contributed by atoms with Crippen molar-refractivity contribution >= 4 is 18.6 Å². The first kappa shape index (κ1) is 26.9. The Morgan fingerprint density at radius 3 is 2.38 bits per heavy atom. The summed E-state index contributed by atoms with van der Waals surface area (Å²) in [5.74, 6) is -1.64. The summed E-state index contributed by atoms with van der Waals surface area (Å²) in [5.41, 5.74) is -0.383. The number of benzene rings is 1. The number of ether oxygens (including phenoxy) is 3. The molecule has 1 amide bonds. The largest absolute Gasteiger partial charge is 0.503 e. The first-order valence-corrected chi connectivity index (χ1v) is 11.3. The van der Waals surface area contributed by atoms with Crippen molar-refractivity contribution in [3.8, 4) is 5.75 Å². The van der Waals surface area contributed by atoms with Crippen LogP contribution < -0.4 is 10.1 Å². The van der Waals surface area contributed by atoms with Crippen LogP contribution >= 0.6 is 0 Å². The van der Waals surface area contributed by atoms with Crippen LogP contribution in [0, 0.1) is 11.7 Å². The van der Waals surface area contributed by atoms with Gasteiger partial charge in [-0.2, -0.15) is 0 Å². The lowest BCUT2D eigenvalue weighted by Gasteiger charge is -2.30. The molecule has 9 heteroatoms. The highest BCUT2D eigenvalue weighted by Gasteiger charge is 2.34. The minimum Gasteiger partial charge on any atom is -0.503 e. The smallest absolute Gasteiger partial charge is 0.328 e. The molecular formula is C25H33FN2O6. The number of nitrogens with zero attached hydrogens (tertiary/aromatic N) is 1. The lowest BCUT2D eigenvalue weighted by Crippen LogP contribution is -2.45. The van der Waals surface area contributed by atoms with Crippen LogP contribution in [0.25, 0.3) is 0 Å². The number of carbonyl (C=O) groups excluding carboxylic acids is 2. The number of esters is 1. The summed E-state index contributed by atoms with van der Waals surface area (Å²) in [6.07, 6.45) is 4.40. The fraction of sp³-hybridized carbons (Fsp3) is 0.480.